The molecule has 1 aliphatic rings. The van der Waals surface area contributed by atoms with Crippen LogP contribution in [-0.2, 0) is 15.4 Å². The Kier molecular flexibility index (Phi) is 11.7. The van der Waals surface area contributed by atoms with Crippen LogP contribution < -0.4 is 30.1 Å². The summed E-state index contributed by atoms with van der Waals surface area (Å²) in [6, 6.07) is 16.7. The van der Waals surface area contributed by atoms with Gasteiger partial charge in [0.25, 0.3) is 5.91 Å². The number of piperazine rings is 1. The molecule has 4 N–H and O–H groups in total. The van der Waals surface area contributed by atoms with Gasteiger partial charge in [0.15, 0.2) is 5.75 Å². The van der Waals surface area contributed by atoms with Gasteiger partial charge in [-0.2, -0.15) is 0 Å². The summed E-state index contributed by atoms with van der Waals surface area (Å²) in [5.41, 5.74) is 1.61. The van der Waals surface area contributed by atoms with Crippen molar-refractivity contribution in [1.29, 1.82) is 0 Å². The number of pyridine rings is 1. The summed E-state index contributed by atoms with van der Waals surface area (Å²) in [4.78, 5) is 47.4. The molecule has 5 rings (SSSR count). The molecule has 1 aliphatic heterocycles. The van der Waals surface area contributed by atoms with Gasteiger partial charge in [0, 0.05) is 49.2 Å². The number of hydrogen-bond donors (Lipinski definition) is 4. The van der Waals surface area contributed by atoms with Crippen molar-refractivity contribution in [3.63, 3.8) is 0 Å². The lowest BCUT2D eigenvalue weighted by atomic mass is 9.86. The van der Waals surface area contributed by atoms with E-state index in [9.17, 15) is 22.8 Å². The predicted octanol–water partition coefficient (Wildman–Crippen LogP) is 6.61. The molecule has 2 heterocycles. The van der Waals surface area contributed by atoms with Gasteiger partial charge in [-0.05, 0) is 54.7 Å². The Bertz CT molecular complexity index is 2120. The Balaban J connectivity index is 1.35. The highest BCUT2D eigenvalue weighted by Crippen LogP contribution is 2.40. The number of carbonyl (C=O) groups excluding carboxylic acids is 3. The number of fused-ring (bicyclic) bond motifs is 1. The number of carbonyl (C=O) groups is 3. The van der Waals surface area contributed by atoms with Crippen molar-refractivity contribution in [1.82, 2.24) is 20.1 Å². The van der Waals surface area contributed by atoms with Gasteiger partial charge in [-0.15, -0.1) is 0 Å². The molecule has 5 amide bonds. The third-order valence-electron chi connectivity index (χ3n) is 8.84. The van der Waals surface area contributed by atoms with Crippen LogP contribution in [0.15, 0.2) is 66.9 Å². The molecule has 3 aromatic carbocycles. The zero-order chi connectivity index (χ0) is 38.5. The first-order chi connectivity index (χ1) is 25.1. The van der Waals surface area contributed by atoms with E-state index in [4.69, 9.17) is 9.47 Å². The van der Waals surface area contributed by atoms with Gasteiger partial charge in [-0.3, -0.25) is 14.5 Å². The average Bonchev–Trinajstić information content (AvgIpc) is 3.11. The first-order valence-corrected chi connectivity index (χ1v) is 19.3. The van der Waals surface area contributed by atoms with Crippen molar-refractivity contribution in [2.75, 3.05) is 54.9 Å². The van der Waals surface area contributed by atoms with Crippen LogP contribution in [0.1, 0.15) is 57.1 Å². The summed E-state index contributed by atoms with van der Waals surface area (Å²) < 4.78 is 38.6. The fourth-order valence-electron chi connectivity index (χ4n) is 6.19. The monoisotopic (exact) mass is 745 g/mol. The van der Waals surface area contributed by atoms with Gasteiger partial charge in [-0.1, -0.05) is 52.0 Å². The van der Waals surface area contributed by atoms with Crippen molar-refractivity contribution in [3.05, 3.63) is 78.1 Å². The summed E-state index contributed by atoms with van der Waals surface area (Å²) in [6.07, 6.45) is 3.27. The smallest absolute Gasteiger partial charge is 0.323 e. The second-order valence-corrected chi connectivity index (χ2v) is 15.5. The zero-order valence-corrected chi connectivity index (χ0v) is 31.9. The summed E-state index contributed by atoms with van der Waals surface area (Å²) >= 11 is 0. The highest BCUT2D eigenvalue weighted by molar-refractivity contribution is 7.92. The Hall–Kier alpha value is -5.57. The SMILES string of the molecule is CCNC(=O)N1CCN(C(=O)c2cc(Oc3ccc(NC(=O)Nc4cc(C(C)(C)C)cc(NS(C)(=O)=O)c4OC)c4ccccc34)ccn2)CC1CC. The molecule has 0 aliphatic carbocycles. The molecular weight excluding hydrogens is 699 g/mol. The average molecular weight is 746 g/mol. The van der Waals surface area contributed by atoms with Crippen LogP contribution in [0, 0.1) is 0 Å². The molecule has 14 nitrogen and oxygen atoms in total. The van der Waals surface area contributed by atoms with Gasteiger partial charge in [0.2, 0.25) is 10.0 Å². The van der Waals surface area contributed by atoms with Gasteiger partial charge in [-0.25, -0.2) is 18.0 Å². The molecule has 1 saturated heterocycles. The van der Waals surface area contributed by atoms with Crippen LogP contribution in [0.2, 0.25) is 0 Å². The fourth-order valence-corrected chi connectivity index (χ4v) is 6.74. The molecule has 1 atom stereocenters. The molecule has 0 spiro atoms. The molecule has 282 valence electrons. The number of methoxy groups -OCH3 is 1. The summed E-state index contributed by atoms with van der Waals surface area (Å²) in [6.45, 7) is 11.5. The van der Waals surface area contributed by atoms with E-state index in [2.05, 4.69) is 25.7 Å². The minimum Gasteiger partial charge on any atom is -0.492 e. The predicted molar refractivity (Wildman–Crippen MR) is 207 cm³/mol. The topological polar surface area (TPSA) is 171 Å². The minimum atomic E-state index is -3.64. The Morgan fingerprint density at radius 3 is 2.28 bits per heavy atom. The Morgan fingerprint density at radius 1 is 0.925 bits per heavy atom. The summed E-state index contributed by atoms with van der Waals surface area (Å²) in [5, 5.41) is 9.96. The molecular formula is C38H47N7O7S. The zero-order valence-electron chi connectivity index (χ0n) is 31.1. The van der Waals surface area contributed by atoms with Gasteiger partial charge < -0.3 is 35.2 Å². The number of benzene rings is 3. The lowest BCUT2D eigenvalue weighted by Crippen LogP contribution is -2.58. The van der Waals surface area contributed by atoms with Crippen molar-refractivity contribution in [2.24, 2.45) is 0 Å². The van der Waals surface area contributed by atoms with E-state index >= 15 is 0 Å². The largest absolute Gasteiger partial charge is 0.492 e. The molecule has 53 heavy (non-hydrogen) atoms. The van der Waals surface area contributed by atoms with Crippen LogP contribution in [0.25, 0.3) is 10.8 Å². The summed E-state index contributed by atoms with van der Waals surface area (Å²) in [7, 11) is -2.25. The van der Waals surface area contributed by atoms with Gasteiger partial charge >= 0.3 is 12.1 Å². The van der Waals surface area contributed by atoms with Crippen LogP contribution in [-0.4, -0.2) is 86.8 Å². The molecule has 0 bridgehead atoms. The van der Waals surface area contributed by atoms with Crippen molar-refractivity contribution in [2.45, 2.75) is 52.5 Å². The van der Waals surface area contributed by atoms with Crippen LogP contribution in [0.5, 0.6) is 17.2 Å². The lowest BCUT2D eigenvalue weighted by Gasteiger charge is -2.40. The van der Waals surface area contributed by atoms with Crippen molar-refractivity contribution in [3.8, 4) is 17.2 Å². The normalized spacial score (nSPS) is 14.7. The van der Waals surface area contributed by atoms with E-state index in [-0.39, 0.29) is 46.2 Å². The molecule has 0 saturated carbocycles. The maximum atomic E-state index is 13.6. The second kappa shape index (κ2) is 16.0. The molecule has 15 heteroatoms. The standard InChI is InChI=1S/C38H47N7O7S/c1-8-25-23-44(18-19-45(25)37(48)39-9-2)35(46)32-22-26(16-17-40-32)52-33-15-14-29(27-12-10-11-13-28(27)33)41-36(47)42-30-20-24(38(3,4)5)21-31(34(30)51-6)43-53(7,49)50/h10-17,20-22,25,43H,8-9,18-19,23H2,1-7H3,(H,39,48)(H2,41,42,47). The van der Waals surface area contributed by atoms with Gasteiger partial charge in [0.05, 0.1) is 36.5 Å². The van der Waals surface area contributed by atoms with E-state index < -0.39 is 16.1 Å². The maximum Gasteiger partial charge on any atom is 0.323 e. The molecule has 0 radical (unpaired) electrons. The van der Waals surface area contributed by atoms with Gasteiger partial charge in [0.1, 0.15) is 17.2 Å². The Labute approximate surface area is 310 Å². The molecule has 1 aromatic heterocycles. The molecule has 1 fully saturated rings. The van der Waals surface area contributed by atoms with E-state index in [0.717, 1.165) is 11.8 Å². The number of urea groups is 2. The first-order valence-electron chi connectivity index (χ1n) is 17.4. The van der Waals surface area contributed by atoms with E-state index in [0.29, 0.717) is 60.6 Å². The van der Waals surface area contributed by atoms with Crippen molar-refractivity contribution >= 4 is 55.8 Å². The third-order valence-corrected chi connectivity index (χ3v) is 9.43. The molecule has 1 unspecified atom stereocenters. The first kappa shape index (κ1) is 38.7. The maximum absolute atomic E-state index is 13.6. The minimum absolute atomic E-state index is 0.107. The lowest BCUT2D eigenvalue weighted by molar-refractivity contribution is 0.0547. The van der Waals surface area contributed by atoms with E-state index in [1.807, 2.05) is 58.9 Å². The Morgan fingerprint density at radius 2 is 1.62 bits per heavy atom. The van der Waals surface area contributed by atoms with Crippen LogP contribution in [0.3, 0.4) is 0 Å². The van der Waals surface area contributed by atoms with Crippen LogP contribution in [0.4, 0.5) is 26.7 Å². The number of nitrogens with one attached hydrogen (secondary N) is 4. The fraction of sp³-hybridized carbons (Fsp3) is 0.368. The number of rotatable bonds is 10. The number of amides is 5. The van der Waals surface area contributed by atoms with Crippen LogP contribution >= 0.6 is 0 Å². The number of sulfonamides is 1. The third kappa shape index (κ3) is 9.27. The van der Waals surface area contributed by atoms with E-state index in [1.54, 1.807) is 46.2 Å². The number of ether oxygens (including phenoxy) is 2. The van der Waals surface area contributed by atoms with Crippen molar-refractivity contribution < 1.29 is 32.3 Å². The van der Waals surface area contributed by atoms with E-state index in [1.165, 1.54) is 13.3 Å². The summed E-state index contributed by atoms with van der Waals surface area (Å²) in [5.74, 6) is 0.816. The molecule has 4 aromatic rings. The second-order valence-electron chi connectivity index (χ2n) is 13.8. The number of aromatic nitrogens is 1. The quantitative estimate of drug-likeness (QED) is 0.140. The number of anilines is 3. The number of nitrogens with zero attached hydrogens (tertiary/aromatic N) is 3. The number of hydrogen-bond acceptors (Lipinski definition) is 8. The highest BCUT2D eigenvalue weighted by Gasteiger charge is 2.32. The highest BCUT2D eigenvalue weighted by atomic mass is 32.2.